The highest BCUT2D eigenvalue weighted by atomic mass is 35.5. The molecule has 1 aliphatic heterocycles. The highest BCUT2D eigenvalue weighted by Crippen LogP contribution is 2.31. The van der Waals surface area contributed by atoms with Crippen molar-refractivity contribution < 1.29 is 9.21 Å². The summed E-state index contributed by atoms with van der Waals surface area (Å²) < 4.78 is 5.74. The lowest BCUT2D eigenvalue weighted by Crippen LogP contribution is -2.31. The van der Waals surface area contributed by atoms with Crippen molar-refractivity contribution in [3.63, 3.8) is 0 Å². The van der Waals surface area contributed by atoms with Gasteiger partial charge in [-0.05, 0) is 69.9 Å². The Kier molecular flexibility index (Phi) is 7.81. The van der Waals surface area contributed by atoms with Crippen LogP contribution in [0.15, 0.2) is 22.6 Å². The van der Waals surface area contributed by atoms with E-state index in [0.717, 1.165) is 45.2 Å². The number of hydrogen-bond donors (Lipinski definition) is 2. The lowest BCUT2D eigenvalue weighted by molar-refractivity contribution is -0.120. The van der Waals surface area contributed by atoms with Crippen LogP contribution in [-0.4, -0.2) is 47.2 Å². The summed E-state index contributed by atoms with van der Waals surface area (Å²) in [5, 5.41) is 14.9. The average molecular weight is 446 g/mol. The normalized spacial score (nSPS) is 18.1. The van der Waals surface area contributed by atoms with Crippen LogP contribution in [0.4, 0.5) is 11.7 Å². The number of carbonyl (C=O) groups is 1. The van der Waals surface area contributed by atoms with Gasteiger partial charge in [0.15, 0.2) is 0 Å². The first-order chi connectivity index (χ1) is 15.2. The van der Waals surface area contributed by atoms with Crippen molar-refractivity contribution >= 4 is 29.2 Å². The van der Waals surface area contributed by atoms with Gasteiger partial charge in [0.1, 0.15) is 0 Å². The third-order valence-corrected chi connectivity index (χ3v) is 6.56. The van der Waals surface area contributed by atoms with Crippen LogP contribution in [0.1, 0.15) is 57.8 Å². The van der Waals surface area contributed by atoms with E-state index in [1.54, 1.807) is 6.07 Å². The molecule has 2 heterocycles. The van der Waals surface area contributed by atoms with Crippen LogP contribution < -0.4 is 10.6 Å². The van der Waals surface area contributed by atoms with E-state index in [4.69, 9.17) is 16.0 Å². The molecule has 1 amide bonds. The summed E-state index contributed by atoms with van der Waals surface area (Å²) in [6.45, 7) is 4.30. The Hall–Kier alpha value is -2.12. The molecule has 31 heavy (non-hydrogen) atoms. The minimum atomic E-state index is 0.0809. The topological polar surface area (TPSA) is 83.3 Å². The second-order valence-corrected chi connectivity index (χ2v) is 9.02. The molecule has 1 aromatic carbocycles. The van der Waals surface area contributed by atoms with E-state index < -0.39 is 0 Å². The van der Waals surface area contributed by atoms with E-state index in [-0.39, 0.29) is 11.8 Å². The van der Waals surface area contributed by atoms with Crippen molar-refractivity contribution in [2.75, 3.05) is 36.8 Å². The number of anilines is 2. The Morgan fingerprint density at radius 1 is 1.10 bits per heavy atom. The molecule has 2 aliphatic rings. The molecule has 4 rings (SSSR count). The minimum absolute atomic E-state index is 0.0809. The van der Waals surface area contributed by atoms with Crippen LogP contribution in [0.5, 0.6) is 0 Å². The number of carbonyl (C=O) groups excluding carboxylic acids is 1. The molecule has 7 nitrogen and oxygen atoms in total. The van der Waals surface area contributed by atoms with E-state index in [9.17, 15) is 4.79 Å². The van der Waals surface area contributed by atoms with E-state index in [1.165, 1.54) is 38.8 Å². The largest absolute Gasteiger partial charge is 0.403 e. The zero-order valence-corrected chi connectivity index (χ0v) is 18.8. The monoisotopic (exact) mass is 445 g/mol. The molecule has 0 atom stereocenters. The predicted octanol–water partition coefficient (Wildman–Crippen LogP) is 5.20. The number of benzene rings is 1. The van der Waals surface area contributed by atoms with Crippen LogP contribution in [0.2, 0.25) is 5.02 Å². The summed E-state index contributed by atoms with van der Waals surface area (Å²) >= 11 is 6.45. The number of amides is 1. The first-order valence-electron chi connectivity index (χ1n) is 11.6. The molecule has 2 N–H and O–H groups in total. The Morgan fingerprint density at radius 3 is 2.65 bits per heavy atom. The van der Waals surface area contributed by atoms with E-state index in [0.29, 0.717) is 28.2 Å². The number of hydrogen-bond acceptors (Lipinski definition) is 6. The van der Waals surface area contributed by atoms with E-state index >= 15 is 0 Å². The molecule has 0 radical (unpaired) electrons. The molecule has 1 aromatic heterocycles. The molecule has 0 spiro atoms. The maximum absolute atomic E-state index is 12.5. The number of piperidine rings is 1. The second kappa shape index (κ2) is 11.0. The van der Waals surface area contributed by atoms with Gasteiger partial charge >= 0.3 is 6.01 Å². The molecule has 8 heteroatoms. The fraction of sp³-hybridized carbons (Fsp3) is 0.609. The van der Waals surface area contributed by atoms with Crippen molar-refractivity contribution in [3.05, 3.63) is 23.2 Å². The van der Waals surface area contributed by atoms with Gasteiger partial charge in [0.2, 0.25) is 5.91 Å². The van der Waals surface area contributed by atoms with Crippen LogP contribution in [0, 0.1) is 5.92 Å². The summed E-state index contributed by atoms with van der Waals surface area (Å²) in [4.78, 5) is 15.0. The second-order valence-electron chi connectivity index (χ2n) is 8.61. The fourth-order valence-electron chi connectivity index (χ4n) is 4.46. The Balaban J connectivity index is 1.28. The van der Waals surface area contributed by atoms with E-state index in [2.05, 4.69) is 25.7 Å². The van der Waals surface area contributed by atoms with Gasteiger partial charge in [-0.2, -0.15) is 0 Å². The van der Waals surface area contributed by atoms with Crippen molar-refractivity contribution in [1.82, 2.24) is 15.1 Å². The summed E-state index contributed by atoms with van der Waals surface area (Å²) in [5.41, 5.74) is 1.35. The lowest BCUT2D eigenvalue weighted by atomic mass is 9.88. The Morgan fingerprint density at radius 2 is 1.87 bits per heavy atom. The summed E-state index contributed by atoms with van der Waals surface area (Å²) in [7, 11) is 0. The van der Waals surface area contributed by atoms with Gasteiger partial charge < -0.3 is 20.0 Å². The summed E-state index contributed by atoms with van der Waals surface area (Å²) in [6, 6.07) is 5.79. The quantitative estimate of drug-likeness (QED) is 0.543. The third-order valence-electron chi connectivity index (χ3n) is 6.24. The number of nitrogens with zero attached hydrogens (tertiary/aromatic N) is 3. The molecular formula is C23H32ClN5O2. The number of rotatable bonds is 8. The number of halogens is 1. The lowest BCUT2D eigenvalue weighted by Gasteiger charge is -2.26. The molecule has 1 saturated carbocycles. The van der Waals surface area contributed by atoms with Gasteiger partial charge in [-0.25, -0.2) is 0 Å². The van der Waals surface area contributed by atoms with Gasteiger partial charge in [-0.3, -0.25) is 4.79 Å². The Bertz CT molecular complexity index is 859. The zero-order chi connectivity index (χ0) is 21.5. The molecule has 1 aliphatic carbocycles. The van der Waals surface area contributed by atoms with Crippen LogP contribution in [0.3, 0.4) is 0 Å². The highest BCUT2D eigenvalue weighted by molar-refractivity contribution is 6.33. The maximum Gasteiger partial charge on any atom is 0.315 e. The molecular weight excluding hydrogens is 414 g/mol. The van der Waals surface area contributed by atoms with Gasteiger partial charge in [-0.15, -0.1) is 5.10 Å². The molecule has 2 aromatic rings. The Labute approximate surface area is 188 Å². The van der Waals surface area contributed by atoms with Crippen LogP contribution >= 0.6 is 11.6 Å². The standard InChI is InChI=1S/C23H32ClN5O2/c24-20-16-18(26-21(30)17-8-3-1-4-9-17)10-11-19(20)22-27-28-23(31-22)25-12-7-15-29-13-5-2-6-14-29/h10-11,16-17H,1-9,12-15H2,(H,25,28)(H,26,30). The molecule has 1 saturated heterocycles. The summed E-state index contributed by atoms with van der Waals surface area (Å²) in [6.07, 6.45) is 10.4. The van der Waals surface area contributed by atoms with Crippen molar-refractivity contribution in [1.29, 1.82) is 0 Å². The van der Waals surface area contributed by atoms with Crippen molar-refractivity contribution in [3.8, 4) is 11.5 Å². The van der Waals surface area contributed by atoms with Crippen molar-refractivity contribution in [2.24, 2.45) is 5.92 Å². The molecule has 168 valence electrons. The number of nitrogens with one attached hydrogen (secondary N) is 2. The van der Waals surface area contributed by atoms with Crippen LogP contribution in [-0.2, 0) is 4.79 Å². The predicted molar refractivity (Wildman–Crippen MR) is 123 cm³/mol. The number of likely N-dealkylation sites (tertiary alicyclic amines) is 1. The first kappa shape index (κ1) is 22.1. The number of aromatic nitrogens is 2. The third kappa shape index (κ3) is 6.20. The van der Waals surface area contributed by atoms with Crippen LogP contribution in [0.25, 0.3) is 11.5 Å². The smallest absolute Gasteiger partial charge is 0.315 e. The summed E-state index contributed by atoms with van der Waals surface area (Å²) in [5.74, 6) is 0.553. The van der Waals surface area contributed by atoms with Gasteiger partial charge in [0.25, 0.3) is 5.89 Å². The van der Waals surface area contributed by atoms with Gasteiger partial charge in [0.05, 0.1) is 10.6 Å². The molecule has 0 bridgehead atoms. The zero-order valence-electron chi connectivity index (χ0n) is 18.0. The van der Waals surface area contributed by atoms with E-state index in [1.807, 2.05) is 12.1 Å². The van der Waals surface area contributed by atoms with Crippen molar-refractivity contribution in [2.45, 2.75) is 57.8 Å². The maximum atomic E-state index is 12.5. The average Bonchev–Trinajstić information content (AvgIpc) is 3.27. The molecule has 2 fully saturated rings. The van der Waals surface area contributed by atoms with Gasteiger partial charge in [0, 0.05) is 18.2 Å². The highest BCUT2D eigenvalue weighted by Gasteiger charge is 2.21. The molecule has 0 unspecified atom stereocenters. The first-order valence-corrected chi connectivity index (χ1v) is 12.0. The van der Waals surface area contributed by atoms with Gasteiger partial charge in [-0.1, -0.05) is 42.4 Å². The minimum Gasteiger partial charge on any atom is -0.403 e. The fourth-order valence-corrected chi connectivity index (χ4v) is 4.72. The SMILES string of the molecule is O=C(Nc1ccc(-c2nnc(NCCCN3CCCCC3)o2)c(Cl)c1)C1CCCCC1.